The highest BCUT2D eigenvalue weighted by atomic mass is 127. The van der Waals surface area contributed by atoms with Crippen LogP contribution >= 0.6 is 35.3 Å². The van der Waals surface area contributed by atoms with E-state index in [9.17, 15) is 0 Å². The van der Waals surface area contributed by atoms with Crippen LogP contribution in [0, 0.1) is 5.41 Å². The molecule has 3 heterocycles. The van der Waals surface area contributed by atoms with E-state index in [2.05, 4.69) is 36.0 Å². The van der Waals surface area contributed by atoms with E-state index < -0.39 is 0 Å². The lowest BCUT2D eigenvalue weighted by Gasteiger charge is -2.23. The molecule has 132 valence electrons. The van der Waals surface area contributed by atoms with Gasteiger partial charge in [-0.25, -0.2) is 9.98 Å². The van der Waals surface area contributed by atoms with Gasteiger partial charge in [0, 0.05) is 19.6 Å². The number of halogens is 1. The topological polar surface area (TPSA) is 53.7 Å². The van der Waals surface area contributed by atoms with Gasteiger partial charge in [0.2, 0.25) is 5.89 Å². The Morgan fingerprint density at radius 1 is 1.50 bits per heavy atom. The van der Waals surface area contributed by atoms with E-state index in [1.807, 2.05) is 17.5 Å². The zero-order valence-corrected chi connectivity index (χ0v) is 17.6. The summed E-state index contributed by atoms with van der Waals surface area (Å²) in [5, 5.41) is 5.41. The number of nitrogens with one attached hydrogen (secondary N) is 1. The summed E-state index contributed by atoms with van der Waals surface area (Å²) in [5.74, 6) is 1.65. The van der Waals surface area contributed by atoms with Gasteiger partial charge < -0.3 is 14.6 Å². The third kappa shape index (κ3) is 4.72. The Balaban J connectivity index is 0.00000208. The van der Waals surface area contributed by atoms with Crippen molar-refractivity contribution in [3.05, 3.63) is 29.5 Å². The molecule has 1 saturated heterocycles. The van der Waals surface area contributed by atoms with Gasteiger partial charge >= 0.3 is 0 Å². The van der Waals surface area contributed by atoms with Crippen molar-refractivity contribution >= 4 is 41.3 Å². The summed E-state index contributed by atoms with van der Waals surface area (Å²) in [6.45, 7) is 10.2. The lowest BCUT2D eigenvalue weighted by Crippen LogP contribution is -2.40. The van der Waals surface area contributed by atoms with Gasteiger partial charge in [-0.2, -0.15) is 0 Å². The maximum absolute atomic E-state index is 5.56. The Bertz CT molecular complexity index is 666. The van der Waals surface area contributed by atoms with Crippen molar-refractivity contribution in [2.75, 3.05) is 19.6 Å². The fraction of sp³-hybridized carbons (Fsp3) is 0.529. The molecule has 0 bridgehead atoms. The Morgan fingerprint density at radius 2 is 2.33 bits per heavy atom. The van der Waals surface area contributed by atoms with E-state index >= 15 is 0 Å². The SMILES string of the molecule is CCNC(=NCc1coc(-c2cccs2)n1)N1CCC(C)(C)C1.I. The number of nitrogens with zero attached hydrogens (tertiary/aromatic N) is 3. The van der Waals surface area contributed by atoms with Gasteiger partial charge in [0.1, 0.15) is 12.0 Å². The molecule has 1 fully saturated rings. The summed E-state index contributed by atoms with van der Waals surface area (Å²) in [6, 6.07) is 4.01. The van der Waals surface area contributed by atoms with Gasteiger partial charge in [-0.1, -0.05) is 19.9 Å². The molecule has 0 aliphatic carbocycles. The van der Waals surface area contributed by atoms with Crippen LogP contribution in [0.15, 0.2) is 33.2 Å². The molecule has 5 nitrogen and oxygen atoms in total. The lowest BCUT2D eigenvalue weighted by molar-refractivity contribution is 0.370. The van der Waals surface area contributed by atoms with Crippen molar-refractivity contribution in [3.8, 4) is 10.8 Å². The second-order valence-corrected chi connectivity index (χ2v) is 7.57. The Hall–Kier alpha value is -1.09. The summed E-state index contributed by atoms with van der Waals surface area (Å²) >= 11 is 1.63. The molecule has 0 atom stereocenters. The Kier molecular flexibility index (Phi) is 6.68. The number of oxazole rings is 1. The third-order valence-electron chi connectivity index (χ3n) is 3.99. The Labute approximate surface area is 164 Å². The first-order valence-corrected chi connectivity index (χ1v) is 8.97. The fourth-order valence-electron chi connectivity index (χ4n) is 2.77. The molecule has 1 N–H and O–H groups in total. The van der Waals surface area contributed by atoms with Crippen LogP contribution in [0.5, 0.6) is 0 Å². The van der Waals surface area contributed by atoms with Crippen molar-refractivity contribution in [2.24, 2.45) is 10.4 Å². The van der Waals surface area contributed by atoms with E-state index in [1.165, 1.54) is 6.42 Å². The molecule has 0 unspecified atom stereocenters. The van der Waals surface area contributed by atoms with Crippen LogP contribution in [0.25, 0.3) is 10.8 Å². The smallest absolute Gasteiger partial charge is 0.236 e. The van der Waals surface area contributed by atoms with Gasteiger partial charge in [0.25, 0.3) is 0 Å². The van der Waals surface area contributed by atoms with Crippen LogP contribution in [0.3, 0.4) is 0 Å². The van der Waals surface area contributed by atoms with Gasteiger partial charge in [0.05, 0.1) is 11.4 Å². The highest BCUT2D eigenvalue weighted by molar-refractivity contribution is 14.0. The fourth-order valence-corrected chi connectivity index (χ4v) is 3.42. The first kappa shape index (κ1) is 19.2. The molecule has 0 amide bonds. The van der Waals surface area contributed by atoms with E-state index in [1.54, 1.807) is 17.6 Å². The van der Waals surface area contributed by atoms with Gasteiger partial charge in [0.15, 0.2) is 5.96 Å². The largest absolute Gasteiger partial charge is 0.443 e. The molecule has 0 spiro atoms. The second-order valence-electron chi connectivity index (χ2n) is 6.63. The zero-order valence-electron chi connectivity index (χ0n) is 14.4. The standard InChI is InChI=1S/C17H24N4OS.HI/c1-4-18-16(21-8-7-17(2,3)12-21)19-10-13-11-22-15(20-13)14-6-5-9-23-14;/h5-6,9,11H,4,7-8,10,12H2,1-3H3,(H,18,19);1H. The normalized spacial score (nSPS) is 17.0. The summed E-state index contributed by atoms with van der Waals surface area (Å²) in [7, 11) is 0. The molecular weight excluding hydrogens is 435 g/mol. The highest BCUT2D eigenvalue weighted by Gasteiger charge is 2.30. The molecular formula is C17H25IN4OS. The number of aromatic nitrogens is 1. The molecule has 0 aromatic carbocycles. The summed E-state index contributed by atoms with van der Waals surface area (Å²) in [4.78, 5) is 12.7. The number of aliphatic imine (C=N–C) groups is 1. The van der Waals surface area contributed by atoms with Crippen molar-refractivity contribution in [2.45, 2.75) is 33.7 Å². The zero-order chi connectivity index (χ0) is 16.3. The van der Waals surface area contributed by atoms with Crippen LogP contribution in [0.4, 0.5) is 0 Å². The minimum Gasteiger partial charge on any atom is -0.443 e. The van der Waals surface area contributed by atoms with Crippen molar-refractivity contribution in [3.63, 3.8) is 0 Å². The van der Waals surface area contributed by atoms with Crippen molar-refractivity contribution in [1.82, 2.24) is 15.2 Å². The number of hydrogen-bond acceptors (Lipinski definition) is 4. The van der Waals surface area contributed by atoms with E-state index in [-0.39, 0.29) is 24.0 Å². The van der Waals surface area contributed by atoms with E-state index in [4.69, 9.17) is 9.41 Å². The lowest BCUT2D eigenvalue weighted by atomic mass is 9.93. The number of hydrogen-bond donors (Lipinski definition) is 1. The quantitative estimate of drug-likeness (QED) is 0.422. The van der Waals surface area contributed by atoms with E-state index in [0.717, 1.165) is 36.2 Å². The van der Waals surface area contributed by atoms with Crippen LogP contribution in [-0.2, 0) is 6.54 Å². The molecule has 2 aromatic heterocycles. The maximum atomic E-state index is 5.56. The minimum atomic E-state index is 0. The maximum Gasteiger partial charge on any atom is 0.236 e. The highest BCUT2D eigenvalue weighted by Crippen LogP contribution is 2.29. The van der Waals surface area contributed by atoms with Crippen LogP contribution in [0.2, 0.25) is 0 Å². The average Bonchev–Trinajstić information content (AvgIpc) is 3.23. The first-order chi connectivity index (χ1) is 11.1. The molecule has 24 heavy (non-hydrogen) atoms. The molecule has 1 aliphatic rings. The molecule has 3 rings (SSSR count). The predicted molar refractivity (Wildman–Crippen MR) is 110 cm³/mol. The van der Waals surface area contributed by atoms with Gasteiger partial charge in [-0.05, 0) is 30.2 Å². The van der Waals surface area contributed by atoms with E-state index in [0.29, 0.717) is 17.9 Å². The molecule has 1 aliphatic heterocycles. The average molecular weight is 460 g/mol. The first-order valence-electron chi connectivity index (χ1n) is 8.09. The number of rotatable bonds is 4. The monoisotopic (exact) mass is 460 g/mol. The van der Waals surface area contributed by atoms with Crippen LogP contribution < -0.4 is 5.32 Å². The third-order valence-corrected chi connectivity index (χ3v) is 4.84. The Morgan fingerprint density at radius 3 is 2.96 bits per heavy atom. The summed E-state index contributed by atoms with van der Waals surface area (Å²) in [6.07, 6.45) is 2.90. The summed E-state index contributed by atoms with van der Waals surface area (Å²) in [5.41, 5.74) is 1.22. The van der Waals surface area contributed by atoms with Crippen LogP contribution in [-0.4, -0.2) is 35.5 Å². The molecule has 0 radical (unpaired) electrons. The molecule has 2 aromatic rings. The summed E-state index contributed by atoms with van der Waals surface area (Å²) < 4.78 is 5.56. The van der Waals surface area contributed by atoms with Crippen molar-refractivity contribution in [1.29, 1.82) is 0 Å². The number of guanidine groups is 1. The van der Waals surface area contributed by atoms with Crippen molar-refractivity contribution < 1.29 is 4.42 Å². The van der Waals surface area contributed by atoms with Gasteiger partial charge in [-0.3, -0.25) is 0 Å². The molecule has 0 saturated carbocycles. The number of likely N-dealkylation sites (tertiary alicyclic amines) is 1. The minimum absolute atomic E-state index is 0. The molecule has 7 heteroatoms. The van der Waals surface area contributed by atoms with Crippen LogP contribution in [0.1, 0.15) is 32.9 Å². The second kappa shape index (κ2) is 8.33. The number of thiophene rings is 1. The van der Waals surface area contributed by atoms with Gasteiger partial charge in [-0.15, -0.1) is 35.3 Å². The predicted octanol–water partition coefficient (Wildman–Crippen LogP) is 4.22.